The average Bonchev–Trinajstić information content (AvgIpc) is 3.34. The molecule has 0 bridgehead atoms. The molecular formula is C29H27N5O3. The Bertz CT molecular complexity index is 1620. The highest BCUT2D eigenvalue weighted by Crippen LogP contribution is 2.24. The van der Waals surface area contributed by atoms with Gasteiger partial charge in [0.05, 0.1) is 19.3 Å². The second-order valence-corrected chi connectivity index (χ2v) is 8.90. The first kappa shape index (κ1) is 24.0. The van der Waals surface area contributed by atoms with E-state index in [-0.39, 0.29) is 29.7 Å². The van der Waals surface area contributed by atoms with Crippen LogP contribution in [-0.4, -0.2) is 32.6 Å². The molecule has 2 aromatic heterocycles. The van der Waals surface area contributed by atoms with Crippen LogP contribution in [0.3, 0.4) is 0 Å². The lowest BCUT2D eigenvalue weighted by molar-refractivity contribution is 0.0983. The minimum Gasteiger partial charge on any atom is -0.496 e. The van der Waals surface area contributed by atoms with Crippen LogP contribution in [0.15, 0.2) is 83.7 Å². The van der Waals surface area contributed by atoms with E-state index >= 15 is 0 Å². The standard InChI is InChI=1S/C29H27N5O3/c1-19-13-15-22(16-14-19)26(35)33(18-23-11-7-8-12-25(23)37-3)29-31-28-30-20(2)24(27(36)34(28)32-29)17-21-9-5-4-6-10-21/h4-16H,17-18H2,1-3H3,(H,30,31,32). The Kier molecular flexibility index (Phi) is 6.55. The fourth-order valence-electron chi connectivity index (χ4n) is 4.27. The second-order valence-electron chi connectivity index (χ2n) is 8.90. The number of para-hydroxylation sites is 1. The van der Waals surface area contributed by atoms with Crippen LogP contribution in [0, 0.1) is 13.8 Å². The van der Waals surface area contributed by atoms with Gasteiger partial charge < -0.3 is 4.74 Å². The highest BCUT2D eigenvalue weighted by atomic mass is 16.5. The first-order valence-electron chi connectivity index (χ1n) is 12.0. The first-order chi connectivity index (χ1) is 17.9. The van der Waals surface area contributed by atoms with E-state index in [1.807, 2.05) is 73.7 Å². The summed E-state index contributed by atoms with van der Waals surface area (Å²) >= 11 is 0. The maximum atomic E-state index is 13.7. The van der Waals surface area contributed by atoms with Crippen LogP contribution in [0.1, 0.15) is 38.3 Å². The average molecular weight is 494 g/mol. The van der Waals surface area contributed by atoms with Crippen LogP contribution < -0.4 is 15.2 Å². The van der Waals surface area contributed by atoms with E-state index in [4.69, 9.17) is 4.74 Å². The smallest absolute Gasteiger partial charge is 0.277 e. The number of H-pyrrole nitrogens is 1. The molecule has 0 aliphatic heterocycles. The van der Waals surface area contributed by atoms with Gasteiger partial charge in [-0.05, 0) is 37.6 Å². The lowest BCUT2D eigenvalue weighted by atomic mass is 10.1. The van der Waals surface area contributed by atoms with Crippen LogP contribution in [-0.2, 0) is 13.0 Å². The lowest BCUT2D eigenvalue weighted by Gasteiger charge is -2.21. The van der Waals surface area contributed by atoms with E-state index in [0.29, 0.717) is 29.0 Å². The Labute approximate surface area is 214 Å². The largest absolute Gasteiger partial charge is 0.496 e. The van der Waals surface area contributed by atoms with Gasteiger partial charge in [-0.2, -0.15) is 9.50 Å². The Morgan fingerprint density at radius 3 is 2.38 bits per heavy atom. The number of carbonyl (C=O) groups is 1. The van der Waals surface area contributed by atoms with E-state index in [1.165, 1.54) is 9.42 Å². The summed E-state index contributed by atoms with van der Waals surface area (Å²) in [5.74, 6) is 0.809. The summed E-state index contributed by atoms with van der Waals surface area (Å²) in [6.07, 6.45) is 0.447. The molecule has 1 amide bonds. The topological polar surface area (TPSA) is 92.6 Å². The zero-order valence-corrected chi connectivity index (χ0v) is 20.9. The number of rotatable bonds is 7. The summed E-state index contributed by atoms with van der Waals surface area (Å²) in [6.45, 7) is 3.95. The number of benzene rings is 3. The fraction of sp³-hybridized carbons (Fsp3) is 0.172. The normalized spacial score (nSPS) is 11.0. The molecule has 0 aliphatic rings. The number of hydrogen-bond donors (Lipinski definition) is 1. The number of fused-ring (bicyclic) bond motifs is 1. The van der Waals surface area contributed by atoms with Crippen molar-refractivity contribution in [2.24, 2.45) is 0 Å². The second kappa shape index (κ2) is 10.1. The molecule has 3 aromatic carbocycles. The van der Waals surface area contributed by atoms with Crippen molar-refractivity contribution in [2.45, 2.75) is 26.8 Å². The Hall–Kier alpha value is -4.72. The predicted octanol–water partition coefficient (Wildman–Crippen LogP) is 4.48. The Balaban J connectivity index is 1.60. The molecule has 0 radical (unpaired) electrons. The number of nitrogens with one attached hydrogen (secondary N) is 1. The quantitative estimate of drug-likeness (QED) is 0.361. The number of anilines is 1. The van der Waals surface area contributed by atoms with Gasteiger partial charge in [0.2, 0.25) is 5.95 Å². The SMILES string of the molecule is COc1ccccc1CN(C(=O)c1ccc(C)cc1)c1nc2nc(C)c(Cc3ccccc3)c(=O)n2[nH]1. The number of aryl methyl sites for hydroxylation is 2. The molecule has 0 spiro atoms. The predicted molar refractivity (Wildman–Crippen MR) is 142 cm³/mol. The van der Waals surface area contributed by atoms with E-state index in [0.717, 1.165) is 16.7 Å². The van der Waals surface area contributed by atoms with Crippen molar-refractivity contribution in [3.63, 3.8) is 0 Å². The zero-order chi connectivity index (χ0) is 25.9. The van der Waals surface area contributed by atoms with Crippen molar-refractivity contribution in [2.75, 3.05) is 12.0 Å². The van der Waals surface area contributed by atoms with Crippen LogP contribution in [0.25, 0.3) is 5.78 Å². The molecule has 0 fully saturated rings. The summed E-state index contributed by atoms with van der Waals surface area (Å²) in [6, 6.07) is 24.6. The van der Waals surface area contributed by atoms with Gasteiger partial charge in [-0.3, -0.25) is 19.6 Å². The van der Waals surface area contributed by atoms with Crippen molar-refractivity contribution in [3.05, 3.63) is 123 Å². The van der Waals surface area contributed by atoms with Gasteiger partial charge in [0.1, 0.15) is 5.75 Å². The number of aromatic nitrogens is 4. The van der Waals surface area contributed by atoms with E-state index < -0.39 is 0 Å². The number of methoxy groups -OCH3 is 1. The minimum atomic E-state index is -0.265. The third-order valence-corrected chi connectivity index (χ3v) is 6.33. The maximum absolute atomic E-state index is 13.7. The highest BCUT2D eigenvalue weighted by Gasteiger charge is 2.24. The van der Waals surface area contributed by atoms with Crippen molar-refractivity contribution >= 4 is 17.6 Å². The number of ether oxygens (including phenoxy) is 1. The molecular weight excluding hydrogens is 466 g/mol. The molecule has 0 saturated heterocycles. The highest BCUT2D eigenvalue weighted by molar-refractivity contribution is 6.05. The maximum Gasteiger partial charge on any atom is 0.277 e. The molecule has 5 aromatic rings. The number of aromatic amines is 1. The third-order valence-electron chi connectivity index (χ3n) is 6.33. The van der Waals surface area contributed by atoms with Gasteiger partial charge in [0, 0.05) is 23.1 Å². The molecule has 0 saturated carbocycles. The van der Waals surface area contributed by atoms with Gasteiger partial charge in [0.25, 0.3) is 17.2 Å². The Morgan fingerprint density at radius 2 is 1.65 bits per heavy atom. The van der Waals surface area contributed by atoms with Gasteiger partial charge in [-0.1, -0.05) is 66.2 Å². The summed E-state index contributed by atoms with van der Waals surface area (Å²) in [5.41, 5.74) is 4.29. The summed E-state index contributed by atoms with van der Waals surface area (Å²) < 4.78 is 6.82. The number of hydrogen-bond acceptors (Lipinski definition) is 5. The summed E-state index contributed by atoms with van der Waals surface area (Å²) in [4.78, 5) is 37.8. The lowest BCUT2D eigenvalue weighted by Crippen LogP contribution is -2.32. The molecule has 37 heavy (non-hydrogen) atoms. The monoisotopic (exact) mass is 493 g/mol. The number of carbonyl (C=O) groups excluding carboxylic acids is 1. The molecule has 186 valence electrons. The number of nitrogens with zero attached hydrogens (tertiary/aromatic N) is 4. The summed E-state index contributed by atoms with van der Waals surface area (Å²) in [7, 11) is 1.59. The molecule has 0 aliphatic carbocycles. The van der Waals surface area contributed by atoms with Gasteiger partial charge in [-0.15, -0.1) is 0 Å². The molecule has 0 atom stereocenters. The Morgan fingerprint density at radius 1 is 0.946 bits per heavy atom. The van der Waals surface area contributed by atoms with Crippen molar-refractivity contribution in [1.29, 1.82) is 0 Å². The van der Waals surface area contributed by atoms with E-state index in [2.05, 4.69) is 15.1 Å². The van der Waals surface area contributed by atoms with Crippen LogP contribution in [0.2, 0.25) is 0 Å². The molecule has 0 unspecified atom stereocenters. The molecule has 8 nitrogen and oxygen atoms in total. The van der Waals surface area contributed by atoms with E-state index in [1.54, 1.807) is 26.2 Å². The molecule has 2 heterocycles. The number of amides is 1. The molecule has 5 rings (SSSR count). The summed E-state index contributed by atoms with van der Waals surface area (Å²) in [5, 5.41) is 3.03. The van der Waals surface area contributed by atoms with Gasteiger partial charge in [-0.25, -0.2) is 4.98 Å². The first-order valence-corrected chi connectivity index (χ1v) is 12.0. The van der Waals surface area contributed by atoms with Gasteiger partial charge >= 0.3 is 0 Å². The van der Waals surface area contributed by atoms with Crippen LogP contribution >= 0.6 is 0 Å². The molecule has 1 N–H and O–H groups in total. The molecule has 8 heteroatoms. The van der Waals surface area contributed by atoms with Gasteiger partial charge in [0.15, 0.2) is 0 Å². The fourth-order valence-corrected chi connectivity index (χ4v) is 4.27. The van der Waals surface area contributed by atoms with Crippen LogP contribution in [0.4, 0.5) is 5.95 Å². The van der Waals surface area contributed by atoms with Crippen molar-refractivity contribution < 1.29 is 9.53 Å². The van der Waals surface area contributed by atoms with Crippen LogP contribution in [0.5, 0.6) is 5.75 Å². The van der Waals surface area contributed by atoms with Crippen molar-refractivity contribution in [1.82, 2.24) is 19.6 Å². The van der Waals surface area contributed by atoms with Crippen molar-refractivity contribution in [3.8, 4) is 5.75 Å². The third kappa shape index (κ3) is 4.86. The zero-order valence-electron chi connectivity index (χ0n) is 20.9. The minimum absolute atomic E-state index is 0.182. The van der Waals surface area contributed by atoms with E-state index in [9.17, 15) is 9.59 Å².